The molecular formula is C18H12N4. The molecule has 0 aliphatic heterocycles. The van der Waals surface area contributed by atoms with E-state index in [1.165, 1.54) is 0 Å². The smallest absolute Gasteiger partial charge is 0.149 e. The highest BCUT2D eigenvalue weighted by molar-refractivity contribution is 5.90. The molecule has 0 radical (unpaired) electrons. The van der Waals surface area contributed by atoms with E-state index in [4.69, 9.17) is 5.26 Å². The van der Waals surface area contributed by atoms with Gasteiger partial charge >= 0.3 is 0 Å². The minimum atomic E-state index is 0.457. The molecule has 4 heteroatoms. The fourth-order valence-corrected chi connectivity index (χ4v) is 2.23. The minimum Gasteiger partial charge on any atom is -0.337 e. The van der Waals surface area contributed by atoms with Crippen molar-refractivity contribution in [2.75, 3.05) is 0 Å². The van der Waals surface area contributed by atoms with Crippen molar-refractivity contribution in [2.45, 2.75) is 6.92 Å². The topological polar surface area (TPSA) is 76.3 Å². The predicted molar refractivity (Wildman–Crippen MR) is 85.5 cm³/mol. The molecule has 22 heavy (non-hydrogen) atoms. The fraction of sp³-hybridized carbons (Fsp3) is 0.0556. The van der Waals surface area contributed by atoms with E-state index in [1.54, 1.807) is 18.2 Å². The highest BCUT2D eigenvalue weighted by atomic mass is 14.9. The number of benzene rings is 2. The van der Waals surface area contributed by atoms with Gasteiger partial charge in [0.2, 0.25) is 0 Å². The Morgan fingerprint density at radius 3 is 2.59 bits per heavy atom. The molecule has 0 saturated carbocycles. The molecule has 3 aromatic rings. The van der Waals surface area contributed by atoms with E-state index in [-0.39, 0.29) is 0 Å². The molecule has 0 fully saturated rings. The van der Waals surface area contributed by atoms with Gasteiger partial charge in [0.15, 0.2) is 0 Å². The number of allylic oxidation sites excluding steroid dienone is 1. The largest absolute Gasteiger partial charge is 0.337 e. The van der Waals surface area contributed by atoms with Gasteiger partial charge in [-0.25, -0.2) is 4.98 Å². The number of nitriles is 2. The highest BCUT2D eigenvalue weighted by Crippen LogP contribution is 2.20. The lowest BCUT2D eigenvalue weighted by molar-refractivity contribution is 1.27. The van der Waals surface area contributed by atoms with E-state index >= 15 is 0 Å². The summed E-state index contributed by atoms with van der Waals surface area (Å²) in [4.78, 5) is 7.63. The number of aromatic nitrogens is 2. The number of H-pyrrole nitrogens is 1. The van der Waals surface area contributed by atoms with Crippen LogP contribution in [0.5, 0.6) is 0 Å². The Bertz CT molecular complexity index is 947. The maximum absolute atomic E-state index is 9.39. The summed E-state index contributed by atoms with van der Waals surface area (Å²) in [7, 11) is 0. The van der Waals surface area contributed by atoms with Crippen molar-refractivity contribution in [3.63, 3.8) is 0 Å². The predicted octanol–water partition coefficient (Wildman–Crippen LogP) is 3.81. The molecule has 3 rings (SSSR count). The van der Waals surface area contributed by atoms with Gasteiger partial charge in [-0.15, -0.1) is 0 Å². The number of fused-ring (bicyclic) bond motifs is 1. The number of hydrogen-bond acceptors (Lipinski definition) is 3. The summed E-state index contributed by atoms with van der Waals surface area (Å²) < 4.78 is 0. The van der Waals surface area contributed by atoms with Gasteiger partial charge in [-0.2, -0.15) is 10.5 Å². The molecule has 0 atom stereocenters. The summed E-state index contributed by atoms with van der Waals surface area (Å²) in [6.45, 7) is 2.01. The van der Waals surface area contributed by atoms with Crippen molar-refractivity contribution in [1.82, 2.24) is 9.97 Å². The van der Waals surface area contributed by atoms with Crippen LogP contribution in [-0.2, 0) is 0 Å². The molecule has 0 unspecified atom stereocenters. The van der Waals surface area contributed by atoms with Gasteiger partial charge in [0.05, 0.1) is 28.2 Å². The van der Waals surface area contributed by atoms with Crippen LogP contribution in [-0.4, -0.2) is 9.97 Å². The van der Waals surface area contributed by atoms with Gasteiger partial charge in [0.1, 0.15) is 11.9 Å². The molecule has 1 N–H and O–H groups in total. The molecule has 1 aromatic heterocycles. The number of rotatable bonds is 2. The van der Waals surface area contributed by atoms with Crippen molar-refractivity contribution < 1.29 is 0 Å². The van der Waals surface area contributed by atoms with Crippen molar-refractivity contribution >= 4 is 22.7 Å². The normalized spacial score (nSPS) is 11.1. The quantitative estimate of drug-likeness (QED) is 0.727. The van der Waals surface area contributed by atoms with Crippen LogP contribution < -0.4 is 0 Å². The number of nitrogens with zero attached hydrogens (tertiary/aromatic N) is 3. The Balaban J connectivity index is 2.03. The van der Waals surface area contributed by atoms with E-state index in [0.717, 1.165) is 22.2 Å². The second-order valence-corrected chi connectivity index (χ2v) is 5.01. The van der Waals surface area contributed by atoms with Crippen molar-refractivity contribution in [3.05, 3.63) is 65.0 Å². The van der Waals surface area contributed by atoms with E-state index < -0.39 is 0 Å². The van der Waals surface area contributed by atoms with Crippen LogP contribution in [0, 0.1) is 29.6 Å². The number of nitrogens with one attached hydrogen (secondary N) is 1. The Labute approximate surface area is 128 Å². The van der Waals surface area contributed by atoms with E-state index in [0.29, 0.717) is 17.0 Å². The maximum Gasteiger partial charge on any atom is 0.149 e. The molecule has 4 nitrogen and oxygen atoms in total. The van der Waals surface area contributed by atoms with E-state index in [1.807, 2.05) is 37.3 Å². The molecule has 0 amide bonds. The summed E-state index contributed by atoms with van der Waals surface area (Å²) in [6, 6.07) is 17.2. The molecular weight excluding hydrogens is 272 g/mol. The summed E-state index contributed by atoms with van der Waals surface area (Å²) in [5, 5.41) is 18.2. The summed E-state index contributed by atoms with van der Waals surface area (Å²) in [6.07, 6.45) is 1.76. The summed E-state index contributed by atoms with van der Waals surface area (Å²) in [5.41, 5.74) is 4.79. The van der Waals surface area contributed by atoms with Crippen LogP contribution in [0.3, 0.4) is 0 Å². The van der Waals surface area contributed by atoms with Crippen LogP contribution in [0.2, 0.25) is 0 Å². The van der Waals surface area contributed by atoms with Crippen LogP contribution in [0.1, 0.15) is 22.5 Å². The number of aryl methyl sites for hydroxylation is 1. The van der Waals surface area contributed by atoms with Crippen molar-refractivity contribution in [3.8, 4) is 12.1 Å². The average Bonchev–Trinajstić information content (AvgIpc) is 2.96. The van der Waals surface area contributed by atoms with Crippen LogP contribution in [0.25, 0.3) is 22.7 Å². The average molecular weight is 284 g/mol. The standard InChI is InChI=1S/C18H12N4/c1-12-2-7-16-17(8-12)22-18(21-16)15(11-20)9-13-3-5-14(10-19)6-4-13/h2-9H,1H3,(H,21,22). The molecule has 104 valence electrons. The lowest BCUT2D eigenvalue weighted by atomic mass is 10.1. The first-order chi connectivity index (χ1) is 10.7. The minimum absolute atomic E-state index is 0.457. The maximum atomic E-state index is 9.39. The van der Waals surface area contributed by atoms with Crippen molar-refractivity contribution in [1.29, 1.82) is 10.5 Å². The SMILES string of the molecule is Cc1ccc2nc(C(C#N)=Cc3ccc(C#N)cc3)[nH]c2c1. The second-order valence-electron chi connectivity index (χ2n) is 5.01. The fourth-order valence-electron chi connectivity index (χ4n) is 2.23. The first-order valence-electron chi connectivity index (χ1n) is 6.78. The Morgan fingerprint density at radius 1 is 1.14 bits per heavy atom. The third-order valence-corrected chi connectivity index (χ3v) is 3.36. The lowest BCUT2D eigenvalue weighted by Crippen LogP contribution is -1.85. The molecule has 0 bridgehead atoms. The van der Waals surface area contributed by atoms with Gasteiger partial charge in [-0.3, -0.25) is 0 Å². The molecule has 2 aromatic carbocycles. The lowest BCUT2D eigenvalue weighted by Gasteiger charge is -1.96. The third-order valence-electron chi connectivity index (χ3n) is 3.36. The molecule has 0 saturated heterocycles. The molecule has 0 aliphatic carbocycles. The molecule has 0 spiro atoms. The Morgan fingerprint density at radius 2 is 1.91 bits per heavy atom. The van der Waals surface area contributed by atoms with E-state index in [9.17, 15) is 5.26 Å². The third kappa shape index (κ3) is 2.59. The van der Waals surface area contributed by atoms with E-state index in [2.05, 4.69) is 22.1 Å². The van der Waals surface area contributed by atoms with Crippen LogP contribution in [0.15, 0.2) is 42.5 Å². The summed E-state index contributed by atoms with van der Waals surface area (Å²) in [5.74, 6) is 0.549. The number of hydrogen-bond donors (Lipinski definition) is 1. The Hall–Kier alpha value is -3.37. The first kappa shape index (κ1) is 13.6. The highest BCUT2D eigenvalue weighted by Gasteiger charge is 2.08. The summed E-state index contributed by atoms with van der Waals surface area (Å²) >= 11 is 0. The first-order valence-corrected chi connectivity index (χ1v) is 6.78. The zero-order valence-corrected chi connectivity index (χ0v) is 12.0. The zero-order chi connectivity index (χ0) is 15.5. The van der Waals surface area contributed by atoms with Crippen LogP contribution in [0.4, 0.5) is 0 Å². The molecule has 1 heterocycles. The zero-order valence-electron chi connectivity index (χ0n) is 12.0. The van der Waals surface area contributed by atoms with Gasteiger partial charge in [0.25, 0.3) is 0 Å². The Kier molecular flexibility index (Phi) is 3.43. The van der Waals surface area contributed by atoms with Gasteiger partial charge in [-0.1, -0.05) is 18.2 Å². The van der Waals surface area contributed by atoms with Gasteiger partial charge in [-0.05, 0) is 48.4 Å². The molecule has 0 aliphatic rings. The van der Waals surface area contributed by atoms with Crippen molar-refractivity contribution in [2.24, 2.45) is 0 Å². The van der Waals surface area contributed by atoms with Crippen LogP contribution >= 0.6 is 0 Å². The van der Waals surface area contributed by atoms with Gasteiger partial charge < -0.3 is 4.98 Å². The number of imidazole rings is 1. The second kappa shape index (κ2) is 5.55. The number of aromatic amines is 1. The monoisotopic (exact) mass is 284 g/mol. The van der Waals surface area contributed by atoms with Gasteiger partial charge in [0, 0.05) is 0 Å².